The van der Waals surface area contributed by atoms with Crippen molar-refractivity contribution in [1.82, 2.24) is 4.57 Å². The number of nitrogens with zero attached hydrogens (tertiary/aromatic N) is 2. The van der Waals surface area contributed by atoms with E-state index in [9.17, 15) is 14.9 Å². The van der Waals surface area contributed by atoms with E-state index >= 15 is 0 Å². The molecule has 1 heterocycles. The van der Waals surface area contributed by atoms with E-state index in [1.54, 1.807) is 25.1 Å². The third kappa shape index (κ3) is 8.14. The lowest BCUT2D eigenvalue weighted by molar-refractivity contribution is -0.384. The first-order chi connectivity index (χ1) is 17.8. The van der Waals surface area contributed by atoms with Gasteiger partial charge in [-0.3, -0.25) is 14.9 Å². The molecule has 0 amide bonds. The third-order valence-corrected chi connectivity index (χ3v) is 5.31. The van der Waals surface area contributed by atoms with Crippen molar-refractivity contribution in [2.24, 2.45) is 0 Å². The Morgan fingerprint density at radius 3 is 2.08 bits per heavy atom. The highest BCUT2D eigenvalue weighted by Crippen LogP contribution is 2.30. The van der Waals surface area contributed by atoms with E-state index in [4.69, 9.17) is 10.5 Å². The van der Waals surface area contributed by atoms with E-state index in [0.29, 0.717) is 17.8 Å². The Hall–Kier alpha value is -4.26. The molecule has 7 nitrogen and oxygen atoms in total. The molecule has 196 valence electrons. The second kappa shape index (κ2) is 15.7. The van der Waals surface area contributed by atoms with Gasteiger partial charge in [0.2, 0.25) is 0 Å². The zero-order chi connectivity index (χ0) is 28.0. The van der Waals surface area contributed by atoms with Gasteiger partial charge in [0.15, 0.2) is 0 Å². The van der Waals surface area contributed by atoms with Gasteiger partial charge >= 0.3 is 5.97 Å². The molecule has 0 saturated carbocycles. The molecule has 0 aliphatic heterocycles. The van der Waals surface area contributed by atoms with Gasteiger partial charge in [0, 0.05) is 41.8 Å². The number of nitro benzene ring substituents is 1. The number of aliphatic carboxylic acids is 1. The average Bonchev–Trinajstić information content (AvgIpc) is 3.32. The van der Waals surface area contributed by atoms with Crippen LogP contribution in [-0.2, 0) is 11.2 Å². The normalized spacial score (nSPS) is 9.57. The summed E-state index contributed by atoms with van der Waals surface area (Å²) in [5.74, 6) is -0.745. The molecule has 1 aromatic heterocycles. The number of aromatic nitrogens is 1. The van der Waals surface area contributed by atoms with Crippen LogP contribution in [0.15, 0.2) is 79.0 Å². The molecule has 0 atom stereocenters. The number of hydrogen-bond acceptors (Lipinski definition) is 4. The maximum atomic E-state index is 11.5. The van der Waals surface area contributed by atoms with Crippen LogP contribution in [0.1, 0.15) is 57.7 Å². The summed E-state index contributed by atoms with van der Waals surface area (Å²) in [5, 5.41) is 28.9. The Bertz CT molecular complexity index is 1330. The van der Waals surface area contributed by atoms with Crippen LogP contribution < -0.4 is 0 Å². The molecular formula is C30H37N3O4. The van der Waals surface area contributed by atoms with Crippen molar-refractivity contribution < 1.29 is 14.8 Å². The number of fused-ring (bicyclic) bond motifs is 1. The van der Waals surface area contributed by atoms with Crippen LogP contribution in [0, 0.1) is 22.4 Å². The highest BCUT2D eigenvalue weighted by molar-refractivity contribution is 6.10. The van der Waals surface area contributed by atoms with Crippen molar-refractivity contribution in [2.75, 3.05) is 0 Å². The van der Waals surface area contributed by atoms with Crippen LogP contribution in [0.2, 0.25) is 0 Å². The van der Waals surface area contributed by atoms with Crippen LogP contribution >= 0.6 is 0 Å². The molecule has 0 aliphatic carbocycles. The largest absolute Gasteiger partial charge is 0.481 e. The molecule has 0 spiro atoms. The molecule has 0 aliphatic rings. The maximum absolute atomic E-state index is 11.5. The number of carbonyl (C=O) groups is 1. The molecule has 7 heteroatoms. The quantitative estimate of drug-likeness (QED) is 0.158. The zero-order valence-electron chi connectivity index (χ0n) is 22.5. The van der Waals surface area contributed by atoms with Gasteiger partial charge in [0.05, 0.1) is 10.4 Å². The van der Waals surface area contributed by atoms with Crippen LogP contribution in [0.4, 0.5) is 5.69 Å². The van der Waals surface area contributed by atoms with Gasteiger partial charge in [-0.2, -0.15) is 0 Å². The number of para-hydroxylation sites is 3. The summed E-state index contributed by atoms with van der Waals surface area (Å²) < 4.78 is 1.81. The standard InChI is InChI=1S/C23H19N3O2.C3H6O2.2C2H6/c1-16-8-2-3-9-17(16)14-20(24)19-15-25(21-11-5-4-10-18(19)21)22-12-6-7-13-23(22)26(27)28;1-2-3(4)5;2*1-2/h2-13,15,24H,14H2,1H3;2H2,1H3,(H,4,5);2*1-2H3. The molecule has 0 fully saturated rings. The van der Waals surface area contributed by atoms with E-state index in [1.165, 1.54) is 6.07 Å². The fourth-order valence-corrected chi connectivity index (χ4v) is 3.54. The van der Waals surface area contributed by atoms with Gasteiger partial charge in [-0.25, -0.2) is 0 Å². The molecule has 2 N–H and O–H groups in total. The topological polar surface area (TPSA) is 109 Å². The molecule has 0 radical (unpaired) electrons. The predicted octanol–water partition coefficient (Wildman–Crippen LogP) is 7.99. The van der Waals surface area contributed by atoms with Crippen LogP contribution in [0.3, 0.4) is 0 Å². The number of carboxylic acids is 1. The van der Waals surface area contributed by atoms with Crippen molar-refractivity contribution in [3.05, 3.63) is 106 Å². The van der Waals surface area contributed by atoms with E-state index in [-0.39, 0.29) is 17.0 Å². The summed E-state index contributed by atoms with van der Waals surface area (Å²) in [6.07, 6.45) is 2.57. The molecule has 4 rings (SSSR count). The van der Waals surface area contributed by atoms with E-state index < -0.39 is 5.97 Å². The number of nitro groups is 1. The Labute approximate surface area is 219 Å². The number of rotatable bonds is 6. The van der Waals surface area contributed by atoms with Crippen molar-refractivity contribution in [3.8, 4) is 5.69 Å². The summed E-state index contributed by atoms with van der Waals surface area (Å²) in [5.41, 5.74) is 4.92. The van der Waals surface area contributed by atoms with Gasteiger partial charge in [-0.05, 0) is 30.2 Å². The molecular weight excluding hydrogens is 466 g/mol. The number of nitrogens with one attached hydrogen (secondary N) is 1. The second-order valence-electron chi connectivity index (χ2n) is 7.50. The lowest BCUT2D eigenvalue weighted by atomic mass is 9.99. The zero-order valence-corrected chi connectivity index (χ0v) is 22.5. The first-order valence-electron chi connectivity index (χ1n) is 12.5. The first kappa shape index (κ1) is 30.8. The summed E-state index contributed by atoms with van der Waals surface area (Å²) in [6, 6.07) is 22.4. The molecule has 4 aromatic rings. The molecule has 37 heavy (non-hydrogen) atoms. The molecule has 0 bridgehead atoms. The minimum absolute atomic E-state index is 0.0419. The number of carboxylic acid groups (broad SMARTS) is 1. The van der Waals surface area contributed by atoms with Gasteiger partial charge in [-0.1, -0.05) is 89.2 Å². The van der Waals surface area contributed by atoms with Crippen molar-refractivity contribution in [3.63, 3.8) is 0 Å². The smallest absolute Gasteiger partial charge is 0.303 e. The number of benzene rings is 3. The fraction of sp³-hybridized carbons (Fsp3) is 0.267. The summed E-state index contributed by atoms with van der Waals surface area (Å²) >= 11 is 0. The predicted molar refractivity (Wildman–Crippen MR) is 152 cm³/mol. The van der Waals surface area contributed by atoms with E-state index in [0.717, 1.165) is 27.6 Å². The van der Waals surface area contributed by atoms with Gasteiger partial charge in [0.1, 0.15) is 5.69 Å². The monoisotopic (exact) mass is 503 g/mol. The van der Waals surface area contributed by atoms with E-state index in [2.05, 4.69) is 0 Å². The highest BCUT2D eigenvalue weighted by atomic mass is 16.6. The Morgan fingerprint density at radius 2 is 1.49 bits per heavy atom. The minimum Gasteiger partial charge on any atom is -0.481 e. The first-order valence-corrected chi connectivity index (χ1v) is 12.5. The minimum atomic E-state index is -0.745. The molecule has 3 aromatic carbocycles. The number of aryl methyl sites for hydroxylation is 1. The van der Waals surface area contributed by atoms with Gasteiger partial charge in [-0.15, -0.1) is 0 Å². The SMILES string of the molecule is CC.CC.CCC(=O)O.Cc1ccccc1CC(=N)c1cn(-c2ccccc2[N+](=O)[O-])c2ccccc12. The average molecular weight is 504 g/mol. The Balaban J connectivity index is 0.000000671. The highest BCUT2D eigenvalue weighted by Gasteiger charge is 2.19. The van der Waals surface area contributed by atoms with Crippen molar-refractivity contribution in [2.45, 2.75) is 54.4 Å². The van der Waals surface area contributed by atoms with Crippen molar-refractivity contribution in [1.29, 1.82) is 5.41 Å². The van der Waals surface area contributed by atoms with Gasteiger partial charge < -0.3 is 15.1 Å². The second-order valence-corrected chi connectivity index (χ2v) is 7.50. The summed E-state index contributed by atoms with van der Waals surface area (Å²) in [7, 11) is 0. The Kier molecular flexibility index (Phi) is 13.0. The van der Waals surface area contributed by atoms with Crippen LogP contribution in [-0.4, -0.2) is 26.3 Å². The van der Waals surface area contributed by atoms with E-state index in [1.807, 2.05) is 93.9 Å². The number of hydrogen-bond donors (Lipinski definition) is 2. The maximum Gasteiger partial charge on any atom is 0.303 e. The summed E-state index contributed by atoms with van der Waals surface area (Å²) in [4.78, 5) is 20.5. The fourth-order valence-electron chi connectivity index (χ4n) is 3.54. The molecule has 0 unspecified atom stereocenters. The van der Waals surface area contributed by atoms with Gasteiger partial charge in [0.25, 0.3) is 5.69 Å². The molecule has 0 saturated heterocycles. The lowest BCUT2D eigenvalue weighted by Crippen LogP contribution is -2.04. The van der Waals surface area contributed by atoms with Crippen molar-refractivity contribution >= 4 is 28.3 Å². The third-order valence-electron chi connectivity index (χ3n) is 5.31. The summed E-state index contributed by atoms with van der Waals surface area (Å²) in [6.45, 7) is 11.6. The lowest BCUT2D eigenvalue weighted by Gasteiger charge is -2.06. The van der Waals surface area contributed by atoms with Crippen LogP contribution in [0.25, 0.3) is 16.6 Å². The van der Waals surface area contributed by atoms with Crippen LogP contribution in [0.5, 0.6) is 0 Å². The Morgan fingerprint density at radius 1 is 0.946 bits per heavy atom.